The third kappa shape index (κ3) is 2.93. The van der Waals surface area contributed by atoms with Gasteiger partial charge in [0.25, 0.3) is 0 Å². The molecule has 19 heavy (non-hydrogen) atoms. The highest BCUT2D eigenvalue weighted by Crippen LogP contribution is 2.29. The Labute approximate surface area is 113 Å². The smallest absolute Gasteiger partial charge is 0.222 e. The first-order valence-electron chi connectivity index (χ1n) is 6.33. The predicted octanol–water partition coefficient (Wildman–Crippen LogP) is 3.60. The molecule has 0 saturated carbocycles. The van der Waals surface area contributed by atoms with E-state index < -0.39 is 0 Å². The molecule has 2 rings (SSSR count). The van der Waals surface area contributed by atoms with E-state index in [0.29, 0.717) is 5.88 Å². The lowest BCUT2D eigenvalue weighted by atomic mass is 10.1. The lowest BCUT2D eigenvalue weighted by Gasteiger charge is -2.13. The highest BCUT2D eigenvalue weighted by molar-refractivity contribution is 5.44. The summed E-state index contributed by atoms with van der Waals surface area (Å²) < 4.78 is 5.91. The Balaban J connectivity index is 2.36. The van der Waals surface area contributed by atoms with Gasteiger partial charge in [0.1, 0.15) is 5.75 Å². The van der Waals surface area contributed by atoms with Crippen molar-refractivity contribution in [3.63, 3.8) is 0 Å². The van der Waals surface area contributed by atoms with Gasteiger partial charge in [0.15, 0.2) is 0 Å². The maximum absolute atomic E-state index is 9.08. The van der Waals surface area contributed by atoms with Crippen LogP contribution in [0.1, 0.15) is 27.8 Å². The van der Waals surface area contributed by atoms with Crippen molar-refractivity contribution < 1.29 is 9.84 Å². The van der Waals surface area contributed by atoms with E-state index in [1.54, 1.807) is 6.20 Å². The van der Waals surface area contributed by atoms with E-state index in [2.05, 4.69) is 24.9 Å². The largest absolute Gasteiger partial charge is 0.438 e. The summed E-state index contributed by atoms with van der Waals surface area (Å²) in [5.74, 6) is 1.43. The van der Waals surface area contributed by atoms with Gasteiger partial charge in [-0.15, -0.1) is 0 Å². The van der Waals surface area contributed by atoms with E-state index in [1.807, 2.05) is 26.0 Å². The molecule has 0 saturated heterocycles. The molecule has 0 bridgehead atoms. The van der Waals surface area contributed by atoms with Crippen LogP contribution in [0, 0.1) is 27.7 Å². The molecule has 0 aliphatic rings. The number of ether oxygens (including phenoxy) is 1. The van der Waals surface area contributed by atoms with Gasteiger partial charge in [0, 0.05) is 11.8 Å². The minimum atomic E-state index is -0.00327. The maximum atomic E-state index is 9.08. The molecular formula is C16H19NO2. The Morgan fingerprint density at radius 1 is 1.05 bits per heavy atom. The van der Waals surface area contributed by atoms with Gasteiger partial charge in [0.2, 0.25) is 5.88 Å². The van der Waals surface area contributed by atoms with Gasteiger partial charge in [-0.1, -0.05) is 6.07 Å². The normalized spacial score (nSPS) is 10.6. The number of nitrogens with zero attached hydrogens (tertiary/aromatic N) is 1. The van der Waals surface area contributed by atoms with Gasteiger partial charge in [-0.25, -0.2) is 4.98 Å². The number of aliphatic hydroxyl groups excluding tert-OH is 1. The lowest BCUT2D eigenvalue weighted by molar-refractivity contribution is 0.281. The van der Waals surface area contributed by atoms with E-state index in [1.165, 1.54) is 11.1 Å². The van der Waals surface area contributed by atoms with Crippen molar-refractivity contribution >= 4 is 0 Å². The van der Waals surface area contributed by atoms with Crippen LogP contribution in [0.3, 0.4) is 0 Å². The zero-order valence-electron chi connectivity index (χ0n) is 11.8. The summed E-state index contributed by atoms with van der Waals surface area (Å²) in [6.45, 7) is 8.09. The number of aliphatic hydroxyl groups is 1. The first-order chi connectivity index (χ1) is 9.01. The van der Waals surface area contributed by atoms with Crippen molar-refractivity contribution in [2.24, 2.45) is 0 Å². The minimum absolute atomic E-state index is 0.00327. The van der Waals surface area contributed by atoms with Gasteiger partial charge in [0.05, 0.1) is 6.61 Å². The summed E-state index contributed by atoms with van der Waals surface area (Å²) in [6.07, 6.45) is 1.64. The predicted molar refractivity (Wildman–Crippen MR) is 75.6 cm³/mol. The molecular weight excluding hydrogens is 238 g/mol. The minimum Gasteiger partial charge on any atom is -0.438 e. The molecule has 100 valence electrons. The first kappa shape index (κ1) is 13.6. The van der Waals surface area contributed by atoms with E-state index in [0.717, 1.165) is 22.4 Å². The molecule has 0 fully saturated rings. The van der Waals surface area contributed by atoms with E-state index in [-0.39, 0.29) is 6.61 Å². The summed E-state index contributed by atoms with van der Waals surface area (Å²) in [7, 11) is 0. The van der Waals surface area contributed by atoms with Gasteiger partial charge < -0.3 is 9.84 Å². The zero-order valence-corrected chi connectivity index (χ0v) is 11.8. The monoisotopic (exact) mass is 257 g/mol. The Kier molecular flexibility index (Phi) is 3.86. The van der Waals surface area contributed by atoms with E-state index >= 15 is 0 Å². The standard InChI is InChI=1S/C16H19NO2/c1-10-5-11(2)13(4)15(6-10)19-16-12(3)7-14(9-18)8-17-16/h5-8,18H,9H2,1-4H3. The van der Waals surface area contributed by atoms with Gasteiger partial charge in [-0.05, 0) is 62.1 Å². The number of aromatic nitrogens is 1. The van der Waals surface area contributed by atoms with Crippen molar-refractivity contribution in [3.05, 3.63) is 52.2 Å². The molecule has 0 unspecified atom stereocenters. The number of benzene rings is 1. The number of aryl methyl sites for hydroxylation is 3. The summed E-state index contributed by atoms with van der Waals surface area (Å²) in [6, 6.07) is 6.04. The van der Waals surface area contributed by atoms with Gasteiger partial charge >= 0.3 is 0 Å². The molecule has 0 aliphatic carbocycles. The average molecular weight is 257 g/mol. The molecule has 0 amide bonds. The molecule has 0 radical (unpaired) electrons. The van der Waals surface area contributed by atoms with Crippen LogP contribution in [0.25, 0.3) is 0 Å². The molecule has 1 aromatic heterocycles. The zero-order chi connectivity index (χ0) is 14.0. The Morgan fingerprint density at radius 3 is 2.42 bits per heavy atom. The topological polar surface area (TPSA) is 42.4 Å². The highest BCUT2D eigenvalue weighted by atomic mass is 16.5. The summed E-state index contributed by atoms with van der Waals surface area (Å²) >= 11 is 0. The second-order valence-electron chi connectivity index (χ2n) is 4.93. The van der Waals surface area contributed by atoms with Crippen LogP contribution < -0.4 is 4.74 Å². The number of pyridine rings is 1. The molecule has 1 heterocycles. The molecule has 1 N–H and O–H groups in total. The number of hydrogen-bond donors (Lipinski definition) is 1. The fourth-order valence-corrected chi connectivity index (χ4v) is 2.02. The lowest BCUT2D eigenvalue weighted by Crippen LogP contribution is -1.97. The summed E-state index contributed by atoms with van der Waals surface area (Å²) in [5, 5.41) is 9.08. The number of hydrogen-bond acceptors (Lipinski definition) is 3. The van der Waals surface area contributed by atoms with Crippen molar-refractivity contribution in [2.45, 2.75) is 34.3 Å². The van der Waals surface area contributed by atoms with Crippen LogP contribution >= 0.6 is 0 Å². The third-order valence-corrected chi connectivity index (χ3v) is 3.24. The molecule has 0 aliphatic heterocycles. The second-order valence-corrected chi connectivity index (χ2v) is 4.93. The summed E-state index contributed by atoms with van der Waals surface area (Å²) in [4.78, 5) is 4.26. The van der Waals surface area contributed by atoms with E-state index in [4.69, 9.17) is 9.84 Å². The number of rotatable bonds is 3. The Bertz CT molecular complexity index is 606. The van der Waals surface area contributed by atoms with Crippen molar-refractivity contribution in [2.75, 3.05) is 0 Å². The fraction of sp³-hybridized carbons (Fsp3) is 0.312. The Morgan fingerprint density at radius 2 is 1.79 bits per heavy atom. The summed E-state index contributed by atoms with van der Waals surface area (Å²) in [5.41, 5.74) is 5.22. The van der Waals surface area contributed by atoms with Crippen LogP contribution in [0.4, 0.5) is 0 Å². The fourth-order valence-electron chi connectivity index (χ4n) is 2.02. The van der Waals surface area contributed by atoms with Crippen LogP contribution in [0.2, 0.25) is 0 Å². The van der Waals surface area contributed by atoms with Crippen LogP contribution in [-0.4, -0.2) is 10.1 Å². The first-order valence-corrected chi connectivity index (χ1v) is 6.33. The molecule has 3 heteroatoms. The van der Waals surface area contributed by atoms with Crippen LogP contribution in [0.5, 0.6) is 11.6 Å². The quantitative estimate of drug-likeness (QED) is 0.913. The van der Waals surface area contributed by atoms with Crippen molar-refractivity contribution in [1.82, 2.24) is 4.98 Å². The van der Waals surface area contributed by atoms with Crippen LogP contribution in [0.15, 0.2) is 24.4 Å². The Hall–Kier alpha value is -1.87. The maximum Gasteiger partial charge on any atom is 0.222 e. The van der Waals surface area contributed by atoms with Crippen molar-refractivity contribution in [1.29, 1.82) is 0 Å². The molecule has 1 aromatic carbocycles. The van der Waals surface area contributed by atoms with E-state index in [9.17, 15) is 0 Å². The van der Waals surface area contributed by atoms with Crippen molar-refractivity contribution in [3.8, 4) is 11.6 Å². The van der Waals surface area contributed by atoms with Gasteiger partial charge in [-0.2, -0.15) is 0 Å². The highest BCUT2D eigenvalue weighted by Gasteiger charge is 2.08. The van der Waals surface area contributed by atoms with Gasteiger partial charge in [-0.3, -0.25) is 0 Å². The molecule has 2 aromatic rings. The third-order valence-electron chi connectivity index (χ3n) is 3.24. The molecule has 3 nitrogen and oxygen atoms in total. The SMILES string of the molecule is Cc1cc(C)c(C)c(Oc2ncc(CO)cc2C)c1. The molecule has 0 atom stereocenters. The van der Waals surface area contributed by atoms with Crippen LogP contribution in [-0.2, 0) is 6.61 Å². The average Bonchev–Trinajstić information content (AvgIpc) is 2.37. The second kappa shape index (κ2) is 5.41. The molecule has 0 spiro atoms.